The highest BCUT2D eigenvalue weighted by molar-refractivity contribution is 5.92. The van der Waals surface area contributed by atoms with Crippen LogP contribution in [0.4, 0.5) is 0 Å². The smallest absolute Gasteiger partial charge is 0.219 e. The number of amides is 1. The van der Waals surface area contributed by atoms with Crippen LogP contribution in [0, 0.1) is 0 Å². The Hall–Kier alpha value is -1.65. The molecule has 0 fully saturated rings. The van der Waals surface area contributed by atoms with Gasteiger partial charge in [-0.1, -0.05) is 0 Å². The van der Waals surface area contributed by atoms with Gasteiger partial charge >= 0.3 is 0 Å². The third-order valence-corrected chi connectivity index (χ3v) is 2.67. The number of hydrogen-bond donors (Lipinski definition) is 0. The second-order valence-electron chi connectivity index (χ2n) is 3.71. The molecular formula is C10H13N3O2. The van der Waals surface area contributed by atoms with E-state index in [2.05, 4.69) is 4.98 Å². The van der Waals surface area contributed by atoms with E-state index in [1.165, 1.54) is 6.92 Å². The number of carbonyl (C=O) groups is 2. The minimum Gasteiger partial charge on any atom is -0.334 e. The summed E-state index contributed by atoms with van der Waals surface area (Å²) in [4.78, 5) is 28.3. The van der Waals surface area contributed by atoms with Crippen molar-refractivity contribution in [3.63, 3.8) is 0 Å². The number of carbonyl (C=O) groups excluding carboxylic acids is 2. The Morgan fingerprint density at radius 1 is 1.33 bits per heavy atom. The summed E-state index contributed by atoms with van der Waals surface area (Å²) in [7, 11) is 0. The fourth-order valence-corrected chi connectivity index (χ4v) is 1.81. The van der Waals surface area contributed by atoms with E-state index in [1.807, 2.05) is 4.57 Å². The number of ketones is 1. The number of hydrogen-bond acceptors (Lipinski definition) is 3. The molecule has 0 aliphatic carbocycles. The van der Waals surface area contributed by atoms with Gasteiger partial charge in [-0.3, -0.25) is 9.59 Å². The van der Waals surface area contributed by atoms with E-state index >= 15 is 0 Å². The lowest BCUT2D eigenvalue weighted by molar-refractivity contribution is -0.130. The summed E-state index contributed by atoms with van der Waals surface area (Å²) in [5.41, 5.74) is 0.633. The SMILES string of the molecule is CC(=O)c1cnc2n1CCN(C(C)=O)C2. The first-order valence-corrected chi connectivity index (χ1v) is 4.90. The third-order valence-electron chi connectivity index (χ3n) is 2.67. The largest absolute Gasteiger partial charge is 0.334 e. The van der Waals surface area contributed by atoms with Crippen LogP contribution in [0.2, 0.25) is 0 Å². The van der Waals surface area contributed by atoms with E-state index in [0.29, 0.717) is 25.3 Å². The fourth-order valence-electron chi connectivity index (χ4n) is 1.81. The summed E-state index contributed by atoms with van der Waals surface area (Å²) < 4.78 is 1.89. The minimum absolute atomic E-state index is 0.0185. The van der Waals surface area contributed by atoms with Gasteiger partial charge in [0.2, 0.25) is 5.91 Å². The molecular weight excluding hydrogens is 194 g/mol. The van der Waals surface area contributed by atoms with Gasteiger partial charge in [-0.05, 0) is 0 Å². The molecule has 15 heavy (non-hydrogen) atoms. The van der Waals surface area contributed by atoms with Gasteiger partial charge in [0, 0.05) is 26.9 Å². The lowest BCUT2D eigenvalue weighted by atomic mass is 10.3. The van der Waals surface area contributed by atoms with Crippen LogP contribution in [0.3, 0.4) is 0 Å². The van der Waals surface area contributed by atoms with Crippen LogP contribution in [0.15, 0.2) is 6.20 Å². The summed E-state index contributed by atoms with van der Waals surface area (Å²) in [5.74, 6) is 0.861. The summed E-state index contributed by atoms with van der Waals surface area (Å²) >= 11 is 0. The van der Waals surface area contributed by atoms with Gasteiger partial charge in [0.05, 0.1) is 12.7 Å². The number of nitrogens with zero attached hydrogens (tertiary/aromatic N) is 3. The van der Waals surface area contributed by atoms with E-state index in [1.54, 1.807) is 18.0 Å². The zero-order valence-corrected chi connectivity index (χ0v) is 8.86. The van der Waals surface area contributed by atoms with Crippen molar-refractivity contribution in [1.82, 2.24) is 14.5 Å². The summed E-state index contributed by atoms with van der Waals surface area (Å²) in [5, 5.41) is 0. The molecule has 2 rings (SSSR count). The molecule has 1 aromatic heterocycles. The Kier molecular flexibility index (Phi) is 2.30. The molecule has 1 aromatic rings. The summed E-state index contributed by atoms with van der Waals surface area (Å²) in [6.07, 6.45) is 1.58. The van der Waals surface area contributed by atoms with Crippen molar-refractivity contribution in [2.45, 2.75) is 26.9 Å². The molecule has 0 atom stereocenters. The first-order valence-electron chi connectivity index (χ1n) is 4.90. The first kappa shape index (κ1) is 9.89. The maximum atomic E-state index is 11.3. The molecule has 0 saturated heterocycles. The zero-order valence-electron chi connectivity index (χ0n) is 8.86. The molecule has 0 spiro atoms. The Labute approximate surface area is 87.7 Å². The fraction of sp³-hybridized carbons (Fsp3) is 0.500. The number of aromatic nitrogens is 2. The van der Waals surface area contributed by atoms with Gasteiger partial charge in [-0.2, -0.15) is 0 Å². The lowest BCUT2D eigenvalue weighted by Gasteiger charge is -2.27. The van der Waals surface area contributed by atoms with Gasteiger partial charge in [-0.25, -0.2) is 4.98 Å². The number of imidazole rings is 1. The molecule has 2 heterocycles. The van der Waals surface area contributed by atoms with Gasteiger partial charge in [0.15, 0.2) is 5.78 Å². The molecule has 0 N–H and O–H groups in total. The maximum absolute atomic E-state index is 11.3. The molecule has 0 bridgehead atoms. The van der Waals surface area contributed by atoms with Crippen LogP contribution < -0.4 is 0 Å². The predicted octanol–water partition coefficient (Wildman–Crippen LogP) is 0.448. The maximum Gasteiger partial charge on any atom is 0.219 e. The topological polar surface area (TPSA) is 55.2 Å². The van der Waals surface area contributed by atoms with E-state index in [4.69, 9.17) is 0 Å². The van der Waals surface area contributed by atoms with E-state index in [0.717, 1.165) is 5.82 Å². The summed E-state index contributed by atoms with van der Waals surface area (Å²) in [6.45, 7) is 4.89. The van der Waals surface area contributed by atoms with E-state index < -0.39 is 0 Å². The van der Waals surface area contributed by atoms with Crippen LogP contribution in [0.25, 0.3) is 0 Å². The third kappa shape index (κ3) is 1.65. The van der Waals surface area contributed by atoms with Crippen molar-refractivity contribution >= 4 is 11.7 Å². The number of rotatable bonds is 1. The highest BCUT2D eigenvalue weighted by Gasteiger charge is 2.22. The minimum atomic E-state index is 0.0185. The lowest BCUT2D eigenvalue weighted by Crippen LogP contribution is -2.37. The Morgan fingerprint density at radius 2 is 2.07 bits per heavy atom. The summed E-state index contributed by atoms with van der Waals surface area (Å²) in [6, 6.07) is 0. The molecule has 0 saturated carbocycles. The monoisotopic (exact) mass is 207 g/mol. The van der Waals surface area contributed by atoms with Crippen molar-refractivity contribution in [3.8, 4) is 0 Å². The molecule has 1 aliphatic rings. The van der Waals surface area contributed by atoms with E-state index in [9.17, 15) is 9.59 Å². The Balaban J connectivity index is 2.30. The predicted molar refractivity (Wildman–Crippen MR) is 53.3 cm³/mol. The van der Waals surface area contributed by atoms with Crippen molar-refractivity contribution in [2.24, 2.45) is 0 Å². The zero-order chi connectivity index (χ0) is 11.0. The van der Waals surface area contributed by atoms with Gasteiger partial charge in [0.1, 0.15) is 11.5 Å². The molecule has 1 aliphatic heterocycles. The average molecular weight is 207 g/mol. The second kappa shape index (κ2) is 3.49. The Bertz CT molecular complexity index is 422. The molecule has 0 aromatic carbocycles. The molecule has 1 amide bonds. The van der Waals surface area contributed by atoms with Crippen LogP contribution in [0.1, 0.15) is 30.2 Å². The van der Waals surface area contributed by atoms with Crippen LogP contribution in [-0.4, -0.2) is 32.7 Å². The first-order chi connectivity index (χ1) is 7.09. The van der Waals surface area contributed by atoms with Crippen molar-refractivity contribution in [3.05, 3.63) is 17.7 Å². The standard InChI is InChI=1S/C10H13N3O2/c1-7(14)9-5-11-10-6-12(8(2)15)3-4-13(9)10/h5H,3-4,6H2,1-2H3. The highest BCUT2D eigenvalue weighted by atomic mass is 16.2. The molecule has 0 radical (unpaired) electrons. The molecule has 5 nitrogen and oxygen atoms in total. The van der Waals surface area contributed by atoms with E-state index in [-0.39, 0.29) is 11.7 Å². The highest BCUT2D eigenvalue weighted by Crippen LogP contribution is 2.14. The molecule has 0 unspecified atom stereocenters. The van der Waals surface area contributed by atoms with Crippen molar-refractivity contribution in [2.75, 3.05) is 6.54 Å². The van der Waals surface area contributed by atoms with Gasteiger partial charge < -0.3 is 9.47 Å². The van der Waals surface area contributed by atoms with Crippen molar-refractivity contribution < 1.29 is 9.59 Å². The average Bonchev–Trinajstić information content (AvgIpc) is 2.59. The quantitative estimate of drug-likeness (QED) is 0.628. The van der Waals surface area contributed by atoms with Crippen LogP contribution in [-0.2, 0) is 17.9 Å². The molecule has 5 heteroatoms. The number of fused-ring (bicyclic) bond motifs is 1. The number of Topliss-reactive ketones (excluding diaryl/α,β-unsaturated/α-hetero) is 1. The Morgan fingerprint density at radius 3 is 2.67 bits per heavy atom. The normalized spacial score (nSPS) is 14.9. The molecule has 80 valence electrons. The second-order valence-corrected chi connectivity index (χ2v) is 3.71. The van der Waals surface area contributed by atoms with Gasteiger partial charge in [-0.15, -0.1) is 0 Å². The van der Waals surface area contributed by atoms with Crippen molar-refractivity contribution in [1.29, 1.82) is 0 Å². The van der Waals surface area contributed by atoms with Crippen LogP contribution in [0.5, 0.6) is 0 Å². The van der Waals surface area contributed by atoms with Crippen LogP contribution >= 0.6 is 0 Å². The van der Waals surface area contributed by atoms with Gasteiger partial charge in [0.25, 0.3) is 0 Å².